The molecule has 11 nitrogen and oxygen atoms in total. The minimum Gasteiger partial charge on any atom is -0.493 e. The molecule has 1 fully saturated rings. The standard InChI is InChI=1S/C30H29FN6O5/c1-39-26-17-23-20(16-27(26)41-12-2-9-37-10-13-40-14-11-37)30(35-18-34-23)42-25-4-3-19(15-21(25)31)36-29-28-22(5-7-33-29)32-8-6-24(28)38/h3-8,15-18H,2,9-14H2,1H3,(H,32,38)(H,33,36). The zero-order valence-corrected chi connectivity index (χ0v) is 22.9. The highest BCUT2D eigenvalue weighted by atomic mass is 19.1. The number of aromatic nitrogens is 4. The highest BCUT2D eigenvalue weighted by Crippen LogP contribution is 2.37. The molecule has 0 radical (unpaired) electrons. The van der Waals surface area contributed by atoms with E-state index in [-0.39, 0.29) is 17.1 Å². The predicted octanol–water partition coefficient (Wildman–Crippen LogP) is 4.65. The van der Waals surface area contributed by atoms with Crippen LogP contribution in [0.25, 0.3) is 21.8 Å². The van der Waals surface area contributed by atoms with Crippen molar-refractivity contribution >= 4 is 33.3 Å². The molecule has 0 bridgehead atoms. The van der Waals surface area contributed by atoms with Crippen molar-refractivity contribution in [2.24, 2.45) is 0 Å². The summed E-state index contributed by atoms with van der Waals surface area (Å²) in [5.41, 5.74) is 1.37. The Morgan fingerprint density at radius 2 is 1.93 bits per heavy atom. The average molecular weight is 573 g/mol. The maximum absolute atomic E-state index is 15.2. The number of fused-ring (bicyclic) bond motifs is 2. The fraction of sp³-hybridized carbons (Fsp3) is 0.267. The third-order valence-electron chi connectivity index (χ3n) is 6.94. The highest BCUT2D eigenvalue weighted by molar-refractivity contribution is 5.90. The number of methoxy groups -OCH3 is 1. The summed E-state index contributed by atoms with van der Waals surface area (Å²) in [6, 6.07) is 11.0. The van der Waals surface area contributed by atoms with E-state index in [0.717, 1.165) is 39.3 Å². The lowest BCUT2D eigenvalue weighted by molar-refractivity contribution is 0.0357. The minimum atomic E-state index is -0.631. The second-order valence-electron chi connectivity index (χ2n) is 9.65. The summed E-state index contributed by atoms with van der Waals surface area (Å²) in [5.74, 6) is 0.866. The lowest BCUT2D eigenvalue weighted by Gasteiger charge is -2.26. The molecule has 2 aromatic carbocycles. The summed E-state index contributed by atoms with van der Waals surface area (Å²) in [4.78, 5) is 30.6. The van der Waals surface area contributed by atoms with Crippen molar-refractivity contribution in [1.29, 1.82) is 0 Å². The van der Waals surface area contributed by atoms with Gasteiger partial charge in [0.2, 0.25) is 5.88 Å². The van der Waals surface area contributed by atoms with Crippen LogP contribution in [0.2, 0.25) is 0 Å². The van der Waals surface area contributed by atoms with Crippen LogP contribution in [0.5, 0.6) is 23.1 Å². The average Bonchev–Trinajstić information content (AvgIpc) is 3.01. The molecular weight excluding hydrogens is 543 g/mol. The van der Waals surface area contributed by atoms with Gasteiger partial charge in [0.05, 0.1) is 48.7 Å². The van der Waals surface area contributed by atoms with Crippen LogP contribution in [0.3, 0.4) is 0 Å². The van der Waals surface area contributed by atoms with Crippen LogP contribution >= 0.6 is 0 Å². The smallest absolute Gasteiger partial charge is 0.230 e. The Balaban J connectivity index is 1.20. The molecule has 216 valence electrons. The van der Waals surface area contributed by atoms with Crippen LogP contribution in [-0.4, -0.2) is 71.4 Å². The fourth-order valence-electron chi connectivity index (χ4n) is 4.81. The fourth-order valence-corrected chi connectivity index (χ4v) is 4.81. The molecule has 1 saturated heterocycles. The summed E-state index contributed by atoms with van der Waals surface area (Å²) in [5, 5.41) is 3.94. The van der Waals surface area contributed by atoms with E-state index < -0.39 is 5.82 Å². The van der Waals surface area contributed by atoms with Crippen molar-refractivity contribution in [2.75, 3.05) is 51.9 Å². The van der Waals surface area contributed by atoms with Gasteiger partial charge in [0.25, 0.3) is 0 Å². The summed E-state index contributed by atoms with van der Waals surface area (Å²) in [6.07, 6.45) is 5.31. The van der Waals surface area contributed by atoms with Crippen molar-refractivity contribution in [2.45, 2.75) is 6.42 Å². The van der Waals surface area contributed by atoms with Crippen LogP contribution < -0.4 is 25.0 Å². The van der Waals surface area contributed by atoms with Gasteiger partial charge in [-0.3, -0.25) is 9.69 Å². The topological polar surface area (TPSA) is 124 Å². The molecule has 12 heteroatoms. The van der Waals surface area contributed by atoms with Crippen LogP contribution in [0.1, 0.15) is 6.42 Å². The van der Waals surface area contributed by atoms with Crippen molar-refractivity contribution in [1.82, 2.24) is 24.8 Å². The Morgan fingerprint density at radius 3 is 2.76 bits per heavy atom. The molecule has 0 atom stereocenters. The van der Waals surface area contributed by atoms with Crippen LogP contribution in [-0.2, 0) is 4.74 Å². The Kier molecular flexibility index (Phi) is 8.06. The van der Waals surface area contributed by atoms with Gasteiger partial charge in [-0.2, -0.15) is 0 Å². The molecule has 0 amide bonds. The van der Waals surface area contributed by atoms with Crippen LogP contribution in [0.15, 0.2) is 66.0 Å². The first-order valence-corrected chi connectivity index (χ1v) is 13.6. The summed E-state index contributed by atoms with van der Waals surface area (Å²) >= 11 is 0. The number of nitrogens with one attached hydrogen (secondary N) is 2. The minimum absolute atomic E-state index is 0.0342. The van der Waals surface area contributed by atoms with E-state index in [1.54, 1.807) is 43.8 Å². The maximum Gasteiger partial charge on any atom is 0.230 e. The number of pyridine rings is 2. The maximum atomic E-state index is 15.2. The molecule has 2 N–H and O–H groups in total. The molecule has 1 aliphatic rings. The van der Waals surface area contributed by atoms with Crippen molar-refractivity contribution in [3.05, 3.63) is 77.2 Å². The van der Waals surface area contributed by atoms with Crippen LogP contribution in [0.4, 0.5) is 15.9 Å². The number of anilines is 2. The second kappa shape index (κ2) is 12.4. The summed E-state index contributed by atoms with van der Waals surface area (Å²) in [6.45, 7) is 4.75. The monoisotopic (exact) mass is 572 g/mol. The number of nitrogens with zero attached hydrogens (tertiary/aromatic N) is 4. The molecule has 4 heterocycles. The predicted molar refractivity (Wildman–Crippen MR) is 156 cm³/mol. The number of halogens is 1. The molecule has 0 unspecified atom stereocenters. The van der Waals surface area contributed by atoms with Crippen LogP contribution in [0, 0.1) is 5.82 Å². The van der Waals surface area contributed by atoms with E-state index in [0.29, 0.717) is 51.4 Å². The van der Waals surface area contributed by atoms with E-state index >= 15 is 4.39 Å². The van der Waals surface area contributed by atoms with Gasteiger partial charge in [-0.15, -0.1) is 0 Å². The molecule has 0 aliphatic carbocycles. The number of morpholine rings is 1. The Morgan fingerprint density at radius 1 is 1.05 bits per heavy atom. The number of aromatic amines is 1. The van der Waals surface area contributed by atoms with Gasteiger partial charge in [0, 0.05) is 55.9 Å². The number of ether oxygens (including phenoxy) is 4. The molecule has 3 aromatic heterocycles. The zero-order chi connectivity index (χ0) is 28.9. The molecule has 6 rings (SSSR count). The van der Waals surface area contributed by atoms with Gasteiger partial charge in [-0.25, -0.2) is 19.3 Å². The number of hydrogen-bond donors (Lipinski definition) is 2. The largest absolute Gasteiger partial charge is 0.493 e. The number of rotatable bonds is 10. The van der Waals surface area contributed by atoms with Gasteiger partial charge >= 0.3 is 0 Å². The summed E-state index contributed by atoms with van der Waals surface area (Å²) < 4.78 is 38.1. The molecule has 42 heavy (non-hydrogen) atoms. The van der Waals surface area contributed by atoms with Crippen molar-refractivity contribution < 1.29 is 23.3 Å². The van der Waals surface area contributed by atoms with E-state index in [1.165, 1.54) is 24.5 Å². The first-order valence-electron chi connectivity index (χ1n) is 13.6. The highest BCUT2D eigenvalue weighted by Gasteiger charge is 2.16. The molecule has 0 saturated carbocycles. The zero-order valence-electron chi connectivity index (χ0n) is 22.9. The Hall–Kier alpha value is -4.81. The quantitative estimate of drug-likeness (QED) is 0.229. The lowest BCUT2D eigenvalue weighted by Crippen LogP contribution is -2.37. The first kappa shape index (κ1) is 27.4. The van der Waals surface area contributed by atoms with Gasteiger partial charge in [0.15, 0.2) is 28.5 Å². The SMILES string of the molecule is COc1cc2ncnc(Oc3ccc(Nc4nccc5[nH]ccc(=O)c45)cc3F)c2cc1OCCCN1CCOCC1. The Labute approximate surface area is 240 Å². The number of H-pyrrole nitrogens is 1. The third kappa shape index (κ3) is 5.94. The van der Waals surface area contributed by atoms with E-state index in [9.17, 15) is 4.79 Å². The van der Waals surface area contributed by atoms with E-state index in [4.69, 9.17) is 18.9 Å². The van der Waals surface area contributed by atoms with Gasteiger partial charge < -0.3 is 29.2 Å². The van der Waals surface area contributed by atoms with Gasteiger partial charge in [-0.1, -0.05) is 0 Å². The van der Waals surface area contributed by atoms with Crippen molar-refractivity contribution in [3.8, 4) is 23.1 Å². The molecular formula is C30H29FN6O5. The normalized spacial score (nSPS) is 13.8. The van der Waals surface area contributed by atoms with Crippen molar-refractivity contribution in [3.63, 3.8) is 0 Å². The number of hydrogen-bond acceptors (Lipinski definition) is 10. The Bertz CT molecular complexity index is 1770. The first-order chi connectivity index (χ1) is 20.6. The number of benzene rings is 2. The summed E-state index contributed by atoms with van der Waals surface area (Å²) in [7, 11) is 1.56. The molecule has 5 aromatic rings. The third-order valence-corrected chi connectivity index (χ3v) is 6.94. The molecule has 1 aliphatic heterocycles. The molecule has 0 spiro atoms. The van der Waals surface area contributed by atoms with E-state index in [1.807, 2.05) is 0 Å². The van der Waals surface area contributed by atoms with Gasteiger partial charge in [-0.05, 0) is 30.7 Å². The van der Waals surface area contributed by atoms with Gasteiger partial charge in [0.1, 0.15) is 12.1 Å². The lowest BCUT2D eigenvalue weighted by atomic mass is 10.2. The van der Waals surface area contributed by atoms with E-state index in [2.05, 4.69) is 30.2 Å². The second-order valence-corrected chi connectivity index (χ2v) is 9.65.